The summed E-state index contributed by atoms with van der Waals surface area (Å²) in [5.41, 5.74) is 1.22. The minimum absolute atomic E-state index is 0.00382. The molecule has 4 rings (SSSR count). The minimum Gasteiger partial charge on any atom is -0.467 e. The SMILES string of the molecule is COC(=O)C1CCCN1c1c(S(=O)(=O)c2ccccc2Cl)c(C)nn1Cc1ccc(Cl)cc1. The number of sulfone groups is 1. The number of rotatable bonds is 6. The van der Waals surface area contributed by atoms with Crippen LogP contribution in [0.3, 0.4) is 0 Å². The van der Waals surface area contributed by atoms with Gasteiger partial charge in [0.15, 0.2) is 0 Å². The highest BCUT2D eigenvalue weighted by Gasteiger charge is 2.39. The summed E-state index contributed by atoms with van der Waals surface area (Å²) in [6, 6.07) is 12.9. The van der Waals surface area contributed by atoms with Gasteiger partial charge in [0.2, 0.25) is 9.84 Å². The Balaban J connectivity index is 1.91. The van der Waals surface area contributed by atoms with Gasteiger partial charge in [-0.3, -0.25) is 0 Å². The van der Waals surface area contributed by atoms with Gasteiger partial charge in [-0.2, -0.15) is 5.10 Å². The maximum absolute atomic E-state index is 13.8. The lowest BCUT2D eigenvalue weighted by molar-refractivity contribution is -0.141. The molecule has 10 heteroatoms. The Bertz CT molecular complexity index is 1290. The molecule has 0 amide bonds. The Labute approximate surface area is 202 Å². The number of ether oxygens (including phenoxy) is 1. The van der Waals surface area contributed by atoms with Crippen molar-refractivity contribution in [2.24, 2.45) is 0 Å². The van der Waals surface area contributed by atoms with Crippen molar-refractivity contribution >= 4 is 44.8 Å². The highest BCUT2D eigenvalue weighted by molar-refractivity contribution is 7.91. The number of carbonyl (C=O) groups excluding carboxylic acids is 1. The first-order chi connectivity index (χ1) is 15.7. The van der Waals surface area contributed by atoms with Gasteiger partial charge in [-0.15, -0.1) is 0 Å². The van der Waals surface area contributed by atoms with Crippen LogP contribution in [0.15, 0.2) is 58.3 Å². The number of methoxy groups -OCH3 is 1. The van der Waals surface area contributed by atoms with Crippen molar-refractivity contribution in [3.05, 3.63) is 69.8 Å². The van der Waals surface area contributed by atoms with E-state index in [1.54, 1.807) is 40.8 Å². The number of aryl methyl sites for hydroxylation is 1. The quantitative estimate of drug-likeness (QED) is 0.456. The maximum Gasteiger partial charge on any atom is 0.328 e. The fraction of sp³-hybridized carbons (Fsp3) is 0.304. The number of nitrogens with zero attached hydrogens (tertiary/aromatic N) is 3. The van der Waals surface area contributed by atoms with Gasteiger partial charge < -0.3 is 9.64 Å². The average molecular weight is 508 g/mol. The van der Waals surface area contributed by atoms with Crippen molar-refractivity contribution in [2.75, 3.05) is 18.6 Å². The zero-order valence-corrected chi connectivity index (χ0v) is 20.5. The highest BCUT2D eigenvalue weighted by atomic mass is 35.5. The number of aromatic nitrogens is 2. The first kappa shape index (κ1) is 23.6. The normalized spacial score (nSPS) is 16.2. The number of hydrogen-bond acceptors (Lipinski definition) is 6. The molecule has 1 aliphatic heterocycles. The molecule has 1 aromatic heterocycles. The topological polar surface area (TPSA) is 81.5 Å². The lowest BCUT2D eigenvalue weighted by Crippen LogP contribution is -2.39. The molecule has 0 saturated carbocycles. The summed E-state index contributed by atoms with van der Waals surface area (Å²) in [6.07, 6.45) is 1.28. The standard InChI is InChI=1S/C23H23Cl2N3O4S/c1-15-21(33(30,31)20-8-4-3-6-18(20)25)22(27-13-5-7-19(27)23(29)32-2)28(26-15)14-16-9-11-17(24)12-10-16/h3-4,6,8-12,19H,5,7,13-14H2,1-2H3. The first-order valence-corrected chi connectivity index (χ1v) is 12.6. The Morgan fingerprint density at radius 1 is 1.15 bits per heavy atom. The molecule has 174 valence electrons. The summed E-state index contributed by atoms with van der Waals surface area (Å²) in [7, 11) is -2.70. The van der Waals surface area contributed by atoms with E-state index in [0.29, 0.717) is 36.0 Å². The van der Waals surface area contributed by atoms with Crippen LogP contribution in [0.5, 0.6) is 0 Å². The van der Waals surface area contributed by atoms with Crippen LogP contribution in [0.25, 0.3) is 0 Å². The highest BCUT2D eigenvalue weighted by Crippen LogP contribution is 2.39. The Morgan fingerprint density at radius 3 is 2.52 bits per heavy atom. The number of anilines is 1. The predicted octanol–water partition coefficient (Wildman–Crippen LogP) is 4.52. The predicted molar refractivity (Wildman–Crippen MR) is 127 cm³/mol. The summed E-state index contributed by atoms with van der Waals surface area (Å²) >= 11 is 12.3. The van der Waals surface area contributed by atoms with Gasteiger partial charge in [-0.05, 0) is 49.6 Å². The molecule has 0 aliphatic carbocycles. The van der Waals surface area contributed by atoms with Crippen molar-refractivity contribution in [2.45, 2.75) is 42.1 Å². The molecule has 0 bridgehead atoms. The number of esters is 1. The summed E-state index contributed by atoms with van der Waals surface area (Å²) in [5, 5.41) is 5.31. The smallest absolute Gasteiger partial charge is 0.328 e. The van der Waals surface area contributed by atoms with Crippen molar-refractivity contribution in [1.29, 1.82) is 0 Å². The van der Waals surface area contributed by atoms with Crippen LogP contribution >= 0.6 is 23.2 Å². The second kappa shape index (κ2) is 9.37. The van der Waals surface area contributed by atoms with Gasteiger partial charge in [0.05, 0.1) is 29.3 Å². The third kappa shape index (κ3) is 4.47. The van der Waals surface area contributed by atoms with E-state index < -0.39 is 21.8 Å². The van der Waals surface area contributed by atoms with Crippen LogP contribution in [0.1, 0.15) is 24.1 Å². The van der Waals surface area contributed by atoms with Crippen molar-refractivity contribution in [3.63, 3.8) is 0 Å². The molecule has 1 atom stereocenters. The molecule has 0 spiro atoms. The van der Waals surface area contributed by atoms with Crippen molar-refractivity contribution in [1.82, 2.24) is 9.78 Å². The van der Waals surface area contributed by atoms with Gasteiger partial charge >= 0.3 is 5.97 Å². The van der Waals surface area contributed by atoms with E-state index in [0.717, 1.165) is 12.0 Å². The Kier molecular flexibility index (Phi) is 6.70. The molecule has 0 N–H and O–H groups in total. The van der Waals surface area contributed by atoms with Crippen LogP contribution < -0.4 is 4.90 Å². The number of carbonyl (C=O) groups is 1. The minimum atomic E-state index is -4.03. The third-order valence-corrected chi connectivity index (χ3v) is 8.33. The monoisotopic (exact) mass is 507 g/mol. The third-order valence-electron chi connectivity index (χ3n) is 5.69. The Morgan fingerprint density at radius 2 is 1.85 bits per heavy atom. The van der Waals surface area contributed by atoms with E-state index in [2.05, 4.69) is 5.10 Å². The van der Waals surface area contributed by atoms with Crippen LogP contribution in [0.2, 0.25) is 10.0 Å². The fourth-order valence-electron chi connectivity index (χ4n) is 4.19. The molecular weight excluding hydrogens is 485 g/mol. The average Bonchev–Trinajstić information content (AvgIpc) is 3.39. The number of benzene rings is 2. The molecule has 1 unspecified atom stereocenters. The first-order valence-electron chi connectivity index (χ1n) is 10.4. The van der Waals surface area contributed by atoms with Crippen LogP contribution in [-0.2, 0) is 25.9 Å². The molecule has 0 radical (unpaired) electrons. The van der Waals surface area contributed by atoms with Crippen molar-refractivity contribution < 1.29 is 17.9 Å². The molecular formula is C23H23Cl2N3O4S. The van der Waals surface area contributed by atoms with E-state index in [-0.39, 0.29) is 14.8 Å². The van der Waals surface area contributed by atoms with E-state index in [1.165, 1.54) is 19.2 Å². The lowest BCUT2D eigenvalue weighted by atomic mass is 10.2. The van der Waals surface area contributed by atoms with Gasteiger partial charge in [-0.25, -0.2) is 17.9 Å². The molecule has 1 fully saturated rings. The largest absolute Gasteiger partial charge is 0.467 e. The zero-order valence-electron chi connectivity index (χ0n) is 18.2. The zero-order chi connectivity index (χ0) is 23.8. The Hall–Kier alpha value is -2.55. The summed E-state index contributed by atoms with van der Waals surface area (Å²) < 4.78 is 34.2. The van der Waals surface area contributed by atoms with Gasteiger partial charge in [-0.1, -0.05) is 47.5 Å². The molecule has 1 saturated heterocycles. The summed E-state index contributed by atoms with van der Waals surface area (Å²) in [6.45, 7) is 2.45. The lowest BCUT2D eigenvalue weighted by Gasteiger charge is -2.26. The molecule has 7 nitrogen and oxygen atoms in total. The van der Waals surface area contributed by atoms with E-state index in [4.69, 9.17) is 27.9 Å². The van der Waals surface area contributed by atoms with Gasteiger partial charge in [0.1, 0.15) is 16.8 Å². The maximum atomic E-state index is 13.8. The van der Waals surface area contributed by atoms with Crippen LogP contribution in [-0.4, -0.2) is 43.9 Å². The number of hydrogen-bond donors (Lipinski definition) is 0. The molecule has 3 aromatic rings. The van der Waals surface area contributed by atoms with E-state index >= 15 is 0 Å². The fourth-order valence-corrected chi connectivity index (χ4v) is 6.45. The van der Waals surface area contributed by atoms with Crippen LogP contribution in [0, 0.1) is 6.92 Å². The van der Waals surface area contributed by atoms with Gasteiger partial charge in [0, 0.05) is 11.6 Å². The molecule has 1 aliphatic rings. The molecule has 2 aromatic carbocycles. The van der Waals surface area contributed by atoms with E-state index in [9.17, 15) is 13.2 Å². The summed E-state index contributed by atoms with van der Waals surface area (Å²) in [4.78, 5) is 14.3. The van der Waals surface area contributed by atoms with Gasteiger partial charge in [0.25, 0.3) is 0 Å². The molecule has 33 heavy (non-hydrogen) atoms. The number of halogens is 2. The second-order valence-corrected chi connectivity index (χ2v) is 10.5. The molecule has 2 heterocycles. The van der Waals surface area contributed by atoms with Crippen LogP contribution in [0.4, 0.5) is 5.82 Å². The second-order valence-electron chi connectivity index (χ2n) is 7.83. The summed E-state index contributed by atoms with van der Waals surface area (Å²) in [5.74, 6) is -0.0549. The van der Waals surface area contributed by atoms with Crippen molar-refractivity contribution in [3.8, 4) is 0 Å². The van der Waals surface area contributed by atoms with E-state index in [1.807, 2.05) is 12.1 Å².